The quantitative estimate of drug-likeness (QED) is 0.474. The van der Waals surface area contributed by atoms with Crippen LogP contribution in [-0.4, -0.2) is 0 Å². The standard InChI is InChI=1S/C9H13.C5H5.2ClH.Zr/c1-6-5-7(2)9(4)8(6)3;1-2-4-5-3-1;;;/h5H,1-4H3;1-3H,4H2;2*1H;/q2*-1;;;+4/p-2. The third kappa shape index (κ3) is 7.34. The number of hydrogen-bond donors (Lipinski definition) is 0. The van der Waals surface area contributed by atoms with Crippen LogP contribution in [0.4, 0.5) is 0 Å². The summed E-state index contributed by atoms with van der Waals surface area (Å²) in [4.78, 5) is 0. The molecule has 0 N–H and O–H groups in total. The minimum Gasteiger partial charge on any atom is -1.00 e. The van der Waals surface area contributed by atoms with E-state index in [2.05, 4.69) is 45.9 Å². The largest absolute Gasteiger partial charge is 4.00 e. The molecule has 1 aliphatic carbocycles. The van der Waals surface area contributed by atoms with E-state index in [0.29, 0.717) is 0 Å². The van der Waals surface area contributed by atoms with Crippen molar-refractivity contribution in [3.05, 3.63) is 52.6 Å². The van der Waals surface area contributed by atoms with Gasteiger partial charge in [-0.2, -0.15) is 34.4 Å². The minimum absolute atomic E-state index is 0. The number of halogens is 2. The molecule has 0 unspecified atom stereocenters. The molecule has 0 fully saturated rings. The summed E-state index contributed by atoms with van der Waals surface area (Å²) in [5.41, 5.74) is 5.75. The molecular weight excluding hydrogens is 330 g/mol. The summed E-state index contributed by atoms with van der Waals surface area (Å²) in [5, 5.41) is 0. The molecule has 0 nitrogen and oxygen atoms in total. The summed E-state index contributed by atoms with van der Waals surface area (Å²) in [7, 11) is 0. The van der Waals surface area contributed by atoms with Crippen LogP contribution in [0.1, 0.15) is 28.7 Å². The first kappa shape index (κ1) is 22.5. The summed E-state index contributed by atoms with van der Waals surface area (Å²) in [5.74, 6) is 0. The van der Waals surface area contributed by atoms with Crippen LogP contribution in [0.25, 0.3) is 0 Å². The van der Waals surface area contributed by atoms with Crippen LogP contribution in [0.5, 0.6) is 0 Å². The van der Waals surface area contributed by atoms with Crippen LogP contribution in [0.3, 0.4) is 0 Å². The first-order chi connectivity index (χ1) is 6.63. The van der Waals surface area contributed by atoms with Gasteiger partial charge in [-0.1, -0.05) is 27.7 Å². The molecule has 3 heteroatoms. The zero-order valence-corrected chi connectivity index (χ0v) is 14.7. The van der Waals surface area contributed by atoms with Gasteiger partial charge in [-0.25, -0.2) is 12.2 Å². The van der Waals surface area contributed by atoms with Crippen molar-refractivity contribution in [2.45, 2.75) is 34.1 Å². The van der Waals surface area contributed by atoms with Crippen LogP contribution in [-0.2, 0) is 26.2 Å². The van der Waals surface area contributed by atoms with Gasteiger partial charge in [0.2, 0.25) is 0 Å². The van der Waals surface area contributed by atoms with Gasteiger partial charge in [0.1, 0.15) is 0 Å². The van der Waals surface area contributed by atoms with Crippen LogP contribution in [0, 0.1) is 33.8 Å². The van der Waals surface area contributed by atoms with E-state index in [1.165, 1.54) is 22.3 Å². The molecule has 1 aromatic carbocycles. The SMILES string of the molecule is Cc1c[c-](C)c(C)c1C.[C-]1=CC=CC1.[Cl-].[Cl-].[Zr+4]. The molecule has 1 aromatic rings. The molecule has 0 saturated carbocycles. The maximum absolute atomic E-state index is 2.99. The summed E-state index contributed by atoms with van der Waals surface area (Å²) in [6.45, 7) is 8.68. The van der Waals surface area contributed by atoms with Gasteiger partial charge in [0.05, 0.1) is 0 Å². The van der Waals surface area contributed by atoms with E-state index >= 15 is 0 Å². The predicted octanol–water partition coefficient (Wildman–Crippen LogP) is -2.05. The van der Waals surface area contributed by atoms with Crippen molar-refractivity contribution in [2.24, 2.45) is 0 Å². The first-order valence-electron chi connectivity index (χ1n) is 5.04. The average molecular weight is 348 g/mol. The molecule has 0 heterocycles. The monoisotopic (exact) mass is 346 g/mol. The van der Waals surface area contributed by atoms with Gasteiger partial charge in [-0.3, -0.25) is 6.08 Å². The van der Waals surface area contributed by atoms with Crippen LogP contribution >= 0.6 is 0 Å². The van der Waals surface area contributed by atoms with Crippen molar-refractivity contribution < 1.29 is 51.0 Å². The second-order valence-electron chi connectivity index (χ2n) is 3.76. The van der Waals surface area contributed by atoms with Gasteiger partial charge in [0, 0.05) is 0 Å². The maximum Gasteiger partial charge on any atom is 4.00 e. The molecule has 0 aliphatic heterocycles. The Bertz CT molecular complexity index is 330. The number of hydrogen-bond acceptors (Lipinski definition) is 0. The van der Waals surface area contributed by atoms with Crippen molar-refractivity contribution in [3.63, 3.8) is 0 Å². The van der Waals surface area contributed by atoms with Gasteiger partial charge in [0.15, 0.2) is 0 Å². The van der Waals surface area contributed by atoms with Crippen molar-refractivity contribution in [1.29, 1.82) is 0 Å². The Hall–Kier alpha value is 0.293. The van der Waals surface area contributed by atoms with Gasteiger partial charge in [-0.15, -0.1) is 6.42 Å². The number of allylic oxidation sites excluding steroid dienone is 4. The zero-order chi connectivity index (χ0) is 10.6. The Labute approximate surface area is 137 Å². The number of aryl methyl sites for hydroxylation is 2. The molecule has 0 bridgehead atoms. The Morgan fingerprint density at radius 3 is 1.88 bits per heavy atom. The van der Waals surface area contributed by atoms with Crippen LogP contribution in [0.2, 0.25) is 0 Å². The average Bonchev–Trinajstić information content (AvgIpc) is 2.78. The smallest absolute Gasteiger partial charge is 1.00 e. The van der Waals surface area contributed by atoms with E-state index < -0.39 is 0 Å². The number of rotatable bonds is 0. The Kier molecular flexibility index (Phi) is 15.1. The summed E-state index contributed by atoms with van der Waals surface area (Å²) in [6.07, 6.45) is 10.0. The van der Waals surface area contributed by atoms with Crippen molar-refractivity contribution in [3.8, 4) is 0 Å². The normalized spacial score (nSPS) is 10.6. The van der Waals surface area contributed by atoms with Crippen LogP contribution in [0.15, 0.2) is 24.3 Å². The molecule has 0 radical (unpaired) electrons. The summed E-state index contributed by atoms with van der Waals surface area (Å²) < 4.78 is 0. The maximum atomic E-state index is 2.99. The molecule has 92 valence electrons. The summed E-state index contributed by atoms with van der Waals surface area (Å²) >= 11 is 0. The molecular formula is C14H18Cl2Zr. The first-order valence-corrected chi connectivity index (χ1v) is 5.04. The second-order valence-corrected chi connectivity index (χ2v) is 3.76. The van der Waals surface area contributed by atoms with Crippen molar-refractivity contribution in [2.75, 3.05) is 0 Å². The van der Waals surface area contributed by atoms with E-state index in [4.69, 9.17) is 0 Å². The van der Waals surface area contributed by atoms with Crippen molar-refractivity contribution in [1.82, 2.24) is 0 Å². The molecule has 0 aromatic heterocycles. The van der Waals surface area contributed by atoms with Gasteiger partial charge in [0.25, 0.3) is 0 Å². The summed E-state index contributed by atoms with van der Waals surface area (Å²) in [6, 6.07) is 2.24. The molecule has 0 atom stereocenters. The van der Waals surface area contributed by atoms with Gasteiger partial charge < -0.3 is 24.8 Å². The Morgan fingerprint density at radius 2 is 1.76 bits per heavy atom. The zero-order valence-electron chi connectivity index (χ0n) is 10.8. The fourth-order valence-electron chi connectivity index (χ4n) is 1.47. The van der Waals surface area contributed by atoms with E-state index in [-0.39, 0.29) is 51.0 Å². The Morgan fingerprint density at radius 1 is 1.18 bits per heavy atom. The topological polar surface area (TPSA) is 0 Å². The molecule has 1 aliphatic rings. The van der Waals surface area contributed by atoms with Crippen LogP contribution < -0.4 is 24.8 Å². The van der Waals surface area contributed by atoms with E-state index in [9.17, 15) is 0 Å². The third-order valence-electron chi connectivity index (χ3n) is 2.76. The Balaban J connectivity index is -0.000000216. The van der Waals surface area contributed by atoms with E-state index in [1.807, 2.05) is 12.2 Å². The molecule has 0 amide bonds. The second kappa shape index (κ2) is 11.4. The van der Waals surface area contributed by atoms with Crippen molar-refractivity contribution >= 4 is 0 Å². The molecule has 0 saturated heterocycles. The van der Waals surface area contributed by atoms with Gasteiger partial charge in [-0.05, 0) is 0 Å². The third-order valence-corrected chi connectivity index (χ3v) is 2.76. The van der Waals surface area contributed by atoms with E-state index in [1.54, 1.807) is 0 Å². The predicted molar refractivity (Wildman–Crippen MR) is 62.6 cm³/mol. The van der Waals surface area contributed by atoms with Gasteiger partial charge >= 0.3 is 26.2 Å². The molecule has 17 heavy (non-hydrogen) atoms. The fraction of sp³-hybridized carbons (Fsp3) is 0.357. The fourth-order valence-corrected chi connectivity index (χ4v) is 1.47. The molecule has 0 spiro atoms. The molecule has 2 rings (SSSR count). The van der Waals surface area contributed by atoms with E-state index in [0.717, 1.165) is 6.42 Å². The minimum atomic E-state index is 0.